The molecule has 142 valence electrons. The first-order chi connectivity index (χ1) is 14.2. The summed E-state index contributed by atoms with van der Waals surface area (Å²) in [7, 11) is 0. The first-order valence-corrected chi connectivity index (χ1v) is 10.2. The Morgan fingerprint density at radius 1 is 1.03 bits per heavy atom. The Hall–Kier alpha value is -3.62. The van der Waals surface area contributed by atoms with Gasteiger partial charge in [-0.15, -0.1) is 0 Å². The number of aromatic nitrogens is 1. The summed E-state index contributed by atoms with van der Waals surface area (Å²) in [5, 5.41) is 10.8. The molecule has 0 unspecified atom stereocenters. The van der Waals surface area contributed by atoms with Crippen molar-refractivity contribution in [3.63, 3.8) is 0 Å². The van der Waals surface area contributed by atoms with Gasteiger partial charge in [-0.25, -0.2) is 4.79 Å². The van der Waals surface area contributed by atoms with Gasteiger partial charge in [0.2, 0.25) is 0 Å². The smallest absolute Gasteiger partial charge is 0.336 e. The number of carboxylic acid groups (broad SMARTS) is 1. The number of benzene rings is 3. The van der Waals surface area contributed by atoms with E-state index >= 15 is 0 Å². The van der Waals surface area contributed by atoms with Crippen LogP contribution in [0.2, 0.25) is 0 Å². The molecule has 0 aliphatic heterocycles. The standard InChI is InChI=1S/C24H18N2O2S/c1-29-26-20-11-6-16(7-12-20)5-8-18-3-2-4-21(24(27)28)23(18)19-10-9-17-13-14-25-22(17)15-19/h2-4,6-7,9-15,25-26H,1H3,(H,27,28). The zero-order valence-electron chi connectivity index (χ0n) is 15.7. The van der Waals surface area contributed by atoms with Crippen LogP contribution in [0.5, 0.6) is 0 Å². The minimum Gasteiger partial charge on any atom is -0.478 e. The second-order valence-corrected chi connectivity index (χ2v) is 7.06. The van der Waals surface area contributed by atoms with Crippen LogP contribution in [0.1, 0.15) is 21.5 Å². The maximum Gasteiger partial charge on any atom is 0.336 e. The highest BCUT2D eigenvalue weighted by Crippen LogP contribution is 2.30. The van der Waals surface area contributed by atoms with Gasteiger partial charge < -0.3 is 14.8 Å². The number of rotatable bonds is 4. The molecule has 4 rings (SSSR count). The van der Waals surface area contributed by atoms with E-state index in [1.807, 2.05) is 67.0 Å². The molecule has 3 aromatic carbocycles. The van der Waals surface area contributed by atoms with Gasteiger partial charge in [-0.2, -0.15) is 0 Å². The SMILES string of the molecule is CSNc1ccc(C#Cc2cccc(C(=O)O)c2-c2ccc3cc[nH]c3c2)cc1. The minimum atomic E-state index is -0.970. The van der Waals surface area contributed by atoms with Crippen molar-refractivity contribution in [2.24, 2.45) is 0 Å². The van der Waals surface area contributed by atoms with Crippen LogP contribution < -0.4 is 4.72 Å². The lowest BCUT2D eigenvalue weighted by molar-refractivity contribution is 0.0697. The van der Waals surface area contributed by atoms with Crippen molar-refractivity contribution in [2.45, 2.75) is 0 Å². The van der Waals surface area contributed by atoms with Crippen molar-refractivity contribution in [3.8, 4) is 23.0 Å². The van der Waals surface area contributed by atoms with Gasteiger partial charge in [-0.05, 0) is 59.5 Å². The molecule has 0 aliphatic carbocycles. The predicted molar refractivity (Wildman–Crippen MR) is 120 cm³/mol. The summed E-state index contributed by atoms with van der Waals surface area (Å²) < 4.78 is 3.17. The summed E-state index contributed by atoms with van der Waals surface area (Å²) in [4.78, 5) is 15.0. The lowest BCUT2D eigenvalue weighted by Gasteiger charge is -2.10. The molecule has 3 N–H and O–H groups in total. The fraction of sp³-hybridized carbons (Fsp3) is 0.0417. The first-order valence-electron chi connectivity index (χ1n) is 9.00. The third-order valence-electron chi connectivity index (χ3n) is 4.58. The van der Waals surface area contributed by atoms with Crippen molar-refractivity contribution < 1.29 is 9.90 Å². The quantitative estimate of drug-likeness (QED) is 0.308. The Labute approximate surface area is 173 Å². The van der Waals surface area contributed by atoms with E-state index in [0.29, 0.717) is 11.1 Å². The van der Waals surface area contributed by atoms with Crippen LogP contribution in [0.4, 0.5) is 5.69 Å². The summed E-state index contributed by atoms with van der Waals surface area (Å²) in [6.45, 7) is 0. The number of H-pyrrole nitrogens is 1. The average Bonchev–Trinajstić information content (AvgIpc) is 3.21. The highest BCUT2D eigenvalue weighted by atomic mass is 32.2. The zero-order valence-corrected chi connectivity index (χ0v) is 16.5. The number of aromatic carboxylic acids is 1. The van der Waals surface area contributed by atoms with E-state index < -0.39 is 5.97 Å². The molecule has 0 amide bonds. The lowest BCUT2D eigenvalue weighted by atomic mass is 9.93. The summed E-state index contributed by atoms with van der Waals surface area (Å²) in [5.74, 6) is 5.35. The normalized spacial score (nSPS) is 10.4. The molecule has 0 saturated heterocycles. The number of carbonyl (C=O) groups is 1. The molecule has 0 bridgehead atoms. The molecular formula is C24H18N2O2S. The van der Waals surface area contributed by atoms with E-state index in [4.69, 9.17) is 0 Å². The molecule has 4 aromatic rings. The summed E-state index contributed by atoms with van der Waals surface area (Å²) in [6.07, 6.45) is 3.84. The summed E-state index contributed by atoms with van der Waals surface area (Å²) >= 11 is 1.53. The molecule has 0 atom stereocenters. The number of hydrogen-bond donors (Lipinski definition) is 3. The number of carboxylic acids is 1. The molecule has 4 nitrogen and oxygen atoms in total. The molecule has 0 spiro atoms. The van der Waals surface area contributed by atoms with Crippen molar-refractivity contribution in [1.29, 1.82) is 0 Å². The van der Waals surface area contributed by atoms with Crippen LogP contribution in [0.25, 0.3) is 22.0 Å². The van der Waals surface area contributed by atoms with Gasteiger partial charge in [-0.1, -0.05) is 42.0 Å². The van der Waals surface area contributed by atoms with Gasteiger partial charge in [-0.3, -0.25) is 0 Å². The van der Waals surface area contributed by atoms with Gasteiger partial charge in [0.1, 0.15) is 0 Å². The summed E-state index contributed by atoms with van der Waals surface area (Å²) in [6, 6.07) is 20.9. The van der Waals surface area contributed by atoms with Gasteiger partial charge >= 0.3 is 5.97 Å². The van der Waals surface area contributed by atoms with Gasteiger partial charge in [0.25, 0.3) is 0 Å². The fourth-order valence-electron chi connectivity index (χ4n) is 3.23. The molecule has 0 fully saturated rings. The van der Waals surface area contributed by atoms with E-state index in [9.17, 15) is 9.90 Å². The predicted octanol–water partition coefficient (Wildman–Crippen LogP) is 5.62. The largest absolute Gasteiger partial charge is 0.478 e. The van der Waals surface area contributed by atoms with E-state index in [0.717, 1.165) is 27.7 Å². The van der Waals surface area contributed by atoms with Crippen LogP contribution in [0.15, 0.2) is 72.9 Å². The van der Waals surface area contributed by atoms with Crippen molar-refractivity contribution in [1.82, 2.24) is 4.98 Å². The molecule has 5 heteroatoms. The molecule has 0 aliphatic rings. The zero-order chi connectivity index (χ0) is 20.2. The van der Waals surface area contributed by atoms with E-state index in [2.05, 4.69) is 21.5 Å². The van der Waals surface area contributed by atoms with Crippen LogP contribution in [0.3, 0.4) is 0 Å². The topological polar surface area (TPSA) is 65.1 Å². The van der Waals surface area contributed by atoms with Gasteiger partial charge in [0.05, 0.1) is 5.56 Å². The van der Waals surface area contributed by atoms with Crippen molar-refractivity contribution in [2.75, 3.05) is 11.0 Å². The fourth-order valence-corrected chi connectivity index (χ4v) is 3.60. The first kappa shape index (κ1) is 18.7. The molecule has 0 radical (unpaired) electrons. The number of fused-ring (bicyclic) bond motifs is 1. The van der Waals surface area contributed by atoms with Crippen LogP contribution in [-0.4, -0.2) is 22.3 Å². The second-order valence-electron chi connectivity index (χ2n) is 6.45. The monoisotopic (exact) mass is 398 g/mol. The molecular weight excluding hydrogens is 380 g/mol. The number of hydrogen-bond acceptors (Lipinski definition) is 3. The van der Waals surface area contributed by atoms with Crippen LogP contribution in [0, 0.1) is 11.8 Å². The van der Waals surface area contributed by atoms with Crippen molar-refractivity contribution >= 4 is 34.5 Å². The van der Waals surface area contributed by atoms with E-state index in [-0.39, 0.29) is 5.56 Å². The van der Waals surface area contributed by atoms with Crippen molar-refractivity contribution in [3.05, 3.63) is 89.6 Å². The molecule has 29 heavy (non-hydrogen) atoms. The lowest BCUT2D eigenvalue weighted by Crippen LogP contribution is -2.01. The highest BCUT2D eigenvalue weighted by molar-refractivity contribution is 7.99. The Balaban J connectivity index is 1.80. The Morgan fingerprint density at radius 3 is 2.62 bits per heavy atom. The van der Waals surface area contributed by atoms with Crippen LogP contribution >= 0.6 is 11.9 Å². The third kappa shape index (κ3) is 3.98. The van der Waals surface area contributed by atoms with Gasteiger partial charge in [0.15, 0.2) is 0 Å². The minimum absolute atomic E-state index is 0.238. The molecule has 0 saturated carbocycles. The van der Waals surface area contributed by atoms with E-state index in [1.54, 1.807) is 12.1 Å². The number of anilines is 1. The van der Waals surface area contributed by atoms with Gasteiger partial charge in [0, 0.05) is 40.3 Å². The Morgan fingerprint density at radius 2 is 1.86 bits per heavy atom. The number of aromatic amines is 1. The second kappa shape index (κ2) is 8.17. The Bertz CT molecular complexity index is 1250. The highest BCUT2D eigenvalue weighted by Gasteiger charge is 2.15. The maximum absolute atomic E-state index is 11.9. The Kier molecular flexibility index (Phi) is 5.28. The molecule has 1 heterocycles. The van der Waals surface area contributed by atoms with Crippen LogP contribution in [-0.2, 0) is 0 Å². The number of nitrogens with one attached hydrogen (secondary N) is 2. The average molecular weight is 398 g/mol. The summed E-state index contributed by atoms with van der Waals surface area (Å²) in [5.41, 5.74) is 5.20. The van der Waals surface area contributed by atoms with E-state index in [1.165, 1.54) is 11.9 Å². The third-order valence-corrected chi connectivity index (χ3v) is 5.02. The maximum atomic E-state index is 11.9. The molecule has 1 aromatic heterocycles.